The second kappa shape index (κ2) is 2.44. The third kappa shape index (κ3) is 1.01. The molecule has 1 aromatic heterocycles. The number of anilines is 1. The van der Waals surface area contributed by atoms with E-state index in [2.05, 4.69) is 26.2 Å². The first-order valence-electron chi connectivity index (χ1n) is 3.36. The van der Waals surface area contributed by atoms with Crippen LogP contribution in [0.2, 0.25) is 0 Å². The molecule has 0 aliphatic carbocycles. The molecule has 0 radical (unpaired) electrons. The summed E-state index contributed by atoms with van der Waals surface area (Å²) in [6.45, 7) is 0.802. The van der Waals surface area contributed by atoms with Gasteiger partial charge in [0.1, 0.15) is 10.4 Å². The van der Waals surface area contributed by atoms with Crippen LogP contribution in [-0.4, -0.2) is 11.5 Å². The van der Waals surface area contributed by atoms with E-state index in [1.54, 1.807) is 0 Å². The summed E-state index contributed by atoms with van der Waals surface area (Å²) in [6, 6.07) is 0. The van der Waals surface area contributed by atoms with Crippen molar-refractivity contribution in [3.05, 3.63) is 22.2 Å². The number of fused-ring (bicyclic) bond motifs is 1. The lowest BCUT2D eigenvalue weighted by Gasteiger charge is -2.01. The molecule has 1 aromatic rings. The first-order chi connectivity index (χ1) is 5.29. The number of rotatable bonds is 0. The van der Waals surface area contributed by atoms with E-state index in [9.17, 15) is 4.39 Å². The highest BCUT2D eigenvalue weighted by atomic mass is 79.9. The molecule has 11 heavy (non-hydrogen) atoms. The average Bonchev–Trinajstić information content (AvgIpc) is 2.45. The van der Waals surface area contributed by atoms with Gasteiger partial charge in [-0.05, 0) is 22.4 Å². The molecule has 2 heterocycles. The summed E-state index contributed by atoms with van der Waals surface area (Å²) in [5.41, 5.74) is 1.55. The van der Waals surface area contributed by atoms with E-state index in [1.807, 2.05) is 0 Å². The number of nitrogens with zero attached hydrogens (tertiary/aromatic N) is 1. The van der Waals surface area contributed by atoms with E-state index in [-0.39, 0.29) is 5.82 Å². The summed E-state index contributed by atoms with van der Waals surface area (Å²) < 4.78 is 13.6. The Hall–Kier alpha value is -0.640. The Morgan fingerprint density at radius 2 is 2.45 bits per heavy atom. The van der Waals surface area contributed by atoms with Crippen LogP contribution in [0.1, 0.15) is 5.56 Å². The van der Waals surface area contributed by atoms with Gasteiger partial charge < -0.3 is 5.32 Å². The molecule has 0 saturated carbocycles. The number of halogens is 2. The largest absolute Gasteiger partial charge is 0.382 e. The van der Waals surface area contributed by atoms with Gasteiger partial charge in [0.25, 0.3) is 0 Å². The van der Waals surface area contributed by atoms with Gasteiger partial charge >= 0.3 is 0 Å². The number of pyridine rings is 1. The van der Waals surface area contributed by atoms with Crippen LogP contribution in [-0.2, 0) is 6.42 Å². The maximum atomic E-state index is 12.9. The van der Waals surface area contributed by atoms with Gasteiger partial charge in [0, 0.05) is 12.1 Å². The molecule has 0 amide bonds. The number of hydrogen-bond donors (Lipinski definition) is 1. The molecule has 1 aliphatic rings. The summed E-state index contributed by atoms with van der Waals surface area (Å²) in [5, 5.41) is 3.06. The van der Waals surface area contributed by atoms with Crippen molar-refractivity contribution in [2.24, 2.45) is 0 Å². The summed E-state index contributed by atoms with van der Waals surface area (Å²) in [6.07, 6.45) is 2.00. The van der Waals surface area contributed by atoms with Crippen molar-refractivity contribution in [1.82, 2.24) is 4.98 Å². The zero-order valence-electron chi connectivity index (χ0n) is 5.69. The molecule has 0 bridgehead atoms. The number of aromatic nitrogens is 1. The topological polar surface area (TPSA) is 24.9 Å². The lowest BCUT2D eigenvalue weighted by molar-refractivity contribution is 0.608. The molecular formula is C7H6BrFN2. The van der Waals surface area contributed by atoms with Gasteiger partial charge in [0.2, 0.25) is 0 Å². The Labute approximate surface area is 72.0 Å². The van der Waals surface area contributed by atoms with Crippen LogP contribution >= 0.6 is 15.9 Å². The Kier molecular flexibility index (Phi) is 1.56. The van der Waals surface area contributed by atoms with Gasteiger partial charge in [-0.3, -0.25) is 0 Å². The first-order valence-corrected chi connectivity index (χ1v) is 4.15. The smallest absolute Gasteiger partial charge is 0.146 e. The fraction of sp³-hybridized carbons (Fsp3) is 0.286. The molecule has 0 unspecified atom stereocenters. The van der Waals surface area contributed by atoms with Gasteiger partial charge in [-0.1, -0.05) is 0 Å². The van der Waals surface area contributed by atoms with Crippen LogP contribution < -0.4 is 5.32 Å². The van der Waals surface area contributed by atoms with Crippen LogP contribution in [0.5, 0.6) is 0 Å². The van der Waals surface area contributed by atoms with Crippen molar-refractivity contribution in [3.63, 3.8) is 0 Å². The SMILES string of the molecule is Fc1cnc(Br)c2c1CCN2. The predicted molar refractivity (Wildman–Crippen MR) is 44.1 cm³/mol. The molecule has 0 spiro atoms. The van der Waals surface area contributed by atoms with E-state index in [0.29, 0.717) is 4.60 Å². The van der Waals surface area contributed by atoms with E-state index in [0.717, 1.165) is 24.2 Å². The van der Waals surface area contributed by atoms with E-state index in [4.69, 9.17) is 0 Å². The van der Waals surface area contributed by atoms with Crippen LogP contribution in [0.4, 0.5) is 10.1 Å². The zero-order valence-corrected chi connectivity index (χ0v) is 7.28. The van der Waals surface area contributed by atoms with Crippen molar-refractivity contribution in [2.75, 3.05) is 11.9 Å². The second-order valence-electron chi connectivity index (χ2n) is 2.43. The Balaban J connectivity index is 2.64. The third-order valence-electron chi connectivity index (χ3n) is 1.76. The Morgan fingerprint density at radius 1 is 1.64 bits per heavy atom. The molecule has 0 aromatic carbocycles. The summed E-state index contributed by atoms with van der Waals surface area (Å²) in [7, 11) is 0. The van der Waals surface area contributed by atoms with Gasteiger partial charge in [-0.15, -0.1) is 0 Å². The molecule has 4 heteroatoms. The van der Waals surface area contributed by atoms with Crippen LogP contribution in [0.15, 0.2) is 10.8 Å². The van der Waals surface area contributed by atoms with Crippen molar-refractivity contribution in [3.8, 4) is 0 Å². The number of nitrogens with one attached hydrogen (secondary N) is 1. The maximum absolute atomic E-state index is 12.9. The minimum Gasteiger partial charge on any atom is -0.382 e. The van der Waals surface area contributed by atoms with Crippen molar-refractivity contribution in [2.45, 2.75) is 6.42 Å². The highest BCUT2D eigenvalue weighted by Gasteiger charge is 2.17. The van der Waals surface area contributed by atoms with Gasteiger partial charge in [-0.25, -0.2) is 9.37 Å². The molecule has 0 fully saturated rings. The Bertz CT molecular complexity index is 272. The van der Waals surface area contributed by atoms with Gasteiger partial charge in [0.05, 0.1) is 11.9 Å². The van der Waals surface area contributed by atoms with Crippen molar-refractivity contribution in [1.29, 1.82) is 0 Å². The van der Waals surface area contributed by atoms with E-state index >= 15 is 0 Å². The highest BCUT2D eigenvalue weighted by Crippen LogP contribution is 2.30. The fourth-order valence-corrected chi connectivity index (χ4v) is 1.72. The van der Waals surface area contributed by atoms with Crippen LogP contribution in [0, 0.1) is 5.82 Å². The van der Waals surface area contributed by atoms with Crippen LogP contribution in [0.25, 0.3) is 0 Å². The molecule has 0 atom stereocenters. The molecule has 58 valence electrons. The number of hydrogen-bond acceptors (Lipinski definition) is 2. The highest BCUT2D eigenvalue weighted by molar-refractivity contribution is 9.10. The first kappa shape index (κ1) is 7.03. The minimum atomic E-state index is -0.215. The van der Waals surface area contributed by atoms with E-state index < -0.39 is 0 Å². The molecule has 2 nitrogen and oxygen atoms in total. The zero-order chi connectivity index (χ0) is 7.84. The predicted octanol–water partition coefficient (Wildman–Crippen LogP) is 1.95. The minimum absolute atomic E-state index is 0.215. The second-order valence-corrected chi connectivity index (χ2v) is 3.18. The molecule has 0 saturated heterocycles. The molecule has 1 aliphatic heterocycles. The van der Waals surface area contributed by atoms with E-state index in [1.165, 1.54) is 6.20 Å². The van der Waals surface area contributed by atoms with Crippen molar-refractivity contribution < 1.29 is 4.39 Å². The van der Waals surface area contributed by atoms with Gasteiger partial charge in [0.15, 0.2) is 0 Å². The Morgan fingerprint density at radius 3 is 3.18 bits per heavy atom. The van der Waals surface area contributed by atoms with Gasteiger partial charge in [-0.2, -0.15) is 0 Å². The average molecular weight is 217 g/mol. The lowest BCUT2D eigenvalue weighted by Crippen LogP contribution is -1.92. The fourth-order valence-electron chi connectivity index (χ4n) is 1.24. The standard InChI is InChI=1S/C7H6BrFN2/c8-7-6-4(1-2-10-6)5(9)3-11-7/h3,10H,1-2H2. The third-order valence-corrected chi connectivity index (χ3v) is 2.37. The lowest BCUT2D eigenvalue weighted by atomic mass is 10.2. The van der Waals surface area contributed by atoms with Crippen molar-refractivity contribution >= 4 is 21.6 Å². The maximum Gasteiger partial charge on any atom is 0.146 e. The monoisotopic (exact) mass is 216 g/mol. The summed E-state index contributed by atoms with van der Waals surface area (Å²) >= 11 is 3.24. The molecule has 2 rings (SSSR count). The summed E-state index contributed by atoms with van der Waals surface area (Å²) in [4.78, 5) is 3.83. The summed E-state index contributed by atoms with van der Waals surface area (Å²) in [5.74, 6) is -0.215. The normalized spacial score (nSPS) is 14.4. The molecule has 1 N–H and O–H groups in total. The van der Waals surface area contributed by atoms with Crippen LogP contribution in [0.3, 0.4) is 0 Å². The quantitative estimate of drug-likeness (QED) is 0.671. The molecular weight excluding hydrogens is 211 g/mol.